The lowest BCUT2D eigenvalue weighted by Gasteiger charge is -2.19. The number of aromatic nitrogens is 2. The molecule has 4 nitrogen and oxygen atoms in total. The highest BCUT2D eigenvalue weighted by Gasteiger charge is 2.17. The van der Waals surface area contributed by atoms with Crippen LogP contribution in [0, 0.1) is 0 Å². The predicted octanol–water partition coefficient (Wildman–Crippen LogP) is 2.45. The zero-order valence-corrected chi connectivity index (χ0v) is 11.0. The lowest BCUT2D eigenvalue weighted by molar-refractivity contribution is 0.405. The van der Waals surface area contributed by atoms with Gasteiger partial charge in [-0.3, -0.25) is 0 Å². The molecule has 1 aromatic carbocycles. The van der Waals surface area contributed by atoms with Crippen molar-refractivity contribution >= 4 is 11.6 Å². The van der Waals surface area contributed by atoms with Crippen molar-refractivity contribution in [2.45, 2.75) is 6.04 Å². The van der Waals surface area contributed by atoms with Gasteiger partial charge in [-0.15, -0.1) is 0 Å². The van der Waals surface area contributed by atoms with Crippen LogP contribution in [0.1, 0.15) is 17.2 Å². The van der Waals surface area contributed by atoms with Crippen molar-refractivity contribution in [1.82, 2.24) is 15.3 Å². The molecule has 5 heteroatoms. The maximum Gasteiger partial charge on any atom is 0.124 e. The lowest BCUT2D eigenvalue weighted by Crippen LogP contribution is -2.18. The van der Waals surface area contributed by atoms with E-state index >= 15 is 0 Å². The van der Waals surface area contributed by atoms with E-state index in [9.17, 15) is 0 Å². The van der Waals surface area contributed by atoms with Crippen LogP contribution in [0.2, 0.25) is 5.02 Å². The van der Waals surface area contributed by atoms with E-state index in [1.54, 1.807) is 25.6 Å². The van der Waals surface area contributed by atoms with Crippen LogP contribution in [0.25, 0.3) is 0 Å². The Kier molecular flexibility index (Phi) is 4.12. The minimum atomic E-state index is -0.0557. The van der Waals surface area contributed by atoms with E-state index in [2.05, 4.69) is 15.3 Å². The molecule has 2 rings (SSSR count). The zero-order valence-electron chi connectivity index (χ0n) is 10.2. The fraction of sp³-hybridized carbons (Fsp3) is 0.231. The first-order valence-electron chi connectivity index (χ1n) is 5.52. The van der Waals surface area contributed by atoms with Crippen molar-refractivity contribution in [3.05, 3.63) is 53.1 Å². The van der Waals surface area contributed by atoms with E-state index in [1.807, 2.05) is 19.2 Å². The Bertz CT molecular complexity index is 519. The van der Waals surface area contributed by atoms with Crippen LogP contribution in [0.3, 0.4) is 0 Å². The van der Waals surface area contributed by atoms with E-state index in [4.69, 9.17) is 16.3 Å². The summed E-state index contributed by atoms with van der Waals surface area (Å²) >= 11 is 6.05. The third kappa shape index (κ3) is 2.60. The molecule has 0 saturated heterocycles. The van der Waals surface area contributed by atoms with Crippen molar-refractivity contribution in [2.24, 2.45) is 0 Å². The van der Waals surface area contributed by atoms with E-state index in [1.165, 1.54) is 6.33 Å². The first kappa shape index (κ1) is 12.8. The molecule has 0 saturated carbocycles. The van der Waals surface area contributed by atoms with Crippen molar-refractivity contribution < 1.29 is 4.74 Å². The summed E-state index contributed by atoms with van der Waals surface area (Å²) in [6, 6.07) is 5.48. The quantitative estimate of drug-likeness (QED) is 0.920. The molecular formula is C13H14ClN3O. The SMILES string of the molecule is CNC(c1cncnc1)c1cc(Cl)ccc1OC. The molecule has 1 aromatic heterocycles. The monoisotopic (exact) mass is 263 g/mol. The number of benzene rings is 1. The number of ether oxygens (including phenoxy) is 1. The fourth-order valence-electron chi connectivity index (χ4n) is 1.89. The highest BCUT2D eigenvalue weighted by Crippen LogP contribution is 2.31. The van der Waals surface area contributed by atoms with E-state index in [0.717, 1.165) is 16.9 Å². The summed E-state index contributed by atoms with van der Waals surface area (Å²) in [4.78, 5) is 8.06. The summed E-state index contributed by atoms with van der Waals surface area (Å²) in [5.41, 5.74) is 1.92. The van der Waals surface area contributed by atoms with E-state index in [0.29, 0.717) is 5.02 Å². The van der Waals surface area contributed by atoms with Crippen molar-refractivity contribution in [3.8, 4) is 5.75 Å². The van der Waals surface area contributed by atoms with Gasteiger partial charge in [0.1, 0.15) is 12.1 Å². The Hall–Kier alpha value is -1.65. The second kappa shape index (κ2) is 5.80. The highest BCUT2D eigenvalue weighted by molar-refractivity contribution is 6.30. The number of hydrogen-bond acceptors (Lipinski definition) is 4. The summed E-state index contributed by atoms with van der Waals surface area (Å²) < 4.78 is 5.37. The fourth-order valence-corrected chi connectivity index (χ4v) is 2.07. The Morgan fingerprint density at radius 2 is 2.00 bits per heavy atom. The van der Waals surface area contributed by atoms with Gasteiger partial charge < -0.3 is 10.1 Å². The molecule has 94 valence electrons. The summed E-state index contributed by atoms with van der Waals surface area (Å²) in [5, 5.41) is 3.89. The largest absolute Gasteiger partial charge is 0.496 e. The number of nitrogens with one attached hydrogen (secondary N) is 1. The van der Waals surface area contributed by atoms with Gasteiger partial charge in [-0.1, -0.05) is 11.6 Å². The maximum absolute atomic E-state index is 6.05. The van der Waals surface area contributed by atoms with Crippen molar-refractivity contribution in [1.29, 1.82) is 0 Å². The summed E-state index contributed by atoms with van der Waals surface area (Å²) in [6.07, 6.45) is 5.05. The molecule has 0 bridgehead atoms. The number of hydrogen-bond donors (Lipinski definition) is 1. The minimum Gasteiger partial charge on any atom is -0.496 e. The van der Waals surface area contributed by atoms with Crippen LogP contribution in [0.5, 0.6) is 5.75 Å². The van der Waals surface area contributed by atoms with Crippen LogP contribution >= 0.6 is 11.6 Å². The third-order valence-electron chi connectivity index (χ3n) is 2.71. The van der Waals surface area contributed by atoms with Gasteiger partial charge in [-0.05, 0) is 25.2 Å². The van der Waals surface area contributed by atoms with Gasteiger partial charge in [-0.2, -0.15) is 0 Å². The number of methoxy groups -OCH3 is 1. The Balaban J connectivity index is 2.48. The Morgan fingerprint density at radius 3 is 2.61 bits per heavy atom. The predicted molar refractivity (Wildman–Crippen MR) is 70.9 cm³/mol. The van der Waals surface area contributed by atoms with Crippen LogP contribution in [0.15, 0.2) is 36.9 Å². The second-order valence-electron chi connectivity index (χ2n) is 3.78. The van der Waals surface area contributed by atoms with Gasteiger partial charge in [0.25, 0.3) is 0 Å². The molecule has 1 heterocycles. The van der Waals surface area contributed by atoms with Crippen LogP contribution < -0.4 is 10.1 Å². The molecule has 0 aliphatic rings. The average Bonchev–Trinajstić information content (AvgIpc) is 2.41. The third-order valence-corrected chi connectivity index (χ3v) is 2.94. The molecule has 0 spiro atoms. The summed E-state index contributed by atoms with van der Waals surface area (Å²) in [7, 11) is 3.51. The first-order valence-corrected chi connectivity index (χ1v) is 5.89. The van der Waals surface area contributed by atoms with Gasteiger partial charge in [0.2, 0.25) is 0 Å². The molecule has 0 amide bonds. The van der Waals surface area contributed by atoms with Gasteiger partial charge in [-0.25, -0.2) is 9.97 Å². The molecule has 1 atom stereocenters. The molecule has 1 unspecified atom stereocenters. The number of halogens is 1. The molecule has 2 aromatic rings. The van der Waals surface area contributed by atoms with Crippen LogP contribution in [-0.2, 0) is 0 Å². The zero-order chi connectivity index (χ0) is 13.0. The first-order chi connectivity index (χ1) is 8.76. The van der Waals surface area contributed by atoms with Gasteiger partial charge in [0, 0.05) is 28.5 Å². The second-order valence-corrected chi connectivity index (χ2v) is 4.22. The lowest BCUT2D eigenvalue weighted by atomic mass is 10.0. The van der Waals surface area contributed by atoms with Gasteiger partial charge in [0.05, 0.1) is 13.2 Å². The molecule has 1 N–H and O–H groups in total. The van der Waals surface area contributed by atoms with Gasteiger partial charge in [0.15, 0.2) is 0 Å². The topological polar surface area (TPSA) is 47.0 Å². The summed E-state index contributed by atoms with van der Waals surface area (Å²) in [5.74, 6) is 0.780. The van der Waals surface area contributed by atoms with Crippen LogP contribution in [-0.4, -0.2) is 24.1 Å². The Labute approximate surface area is 111 Å². The number of rotatable bonds is 4. The molecule has 0 fully saturated rings. The maximum atomic E-state index is 6.05. The molecule has 0 aliphatic carbocycles. The smallest absolute Gasteiger partial charge is 0.124 e. The van der Waals surface area contributed by atoms with Gasteiger partial charge >= 0.3 is 0 Å². The molecule has 0 aliphatic heterocycles. The summed E-state index contributed by atoms with van der Waals surface area (Å²) in [6.45, 7) is 0. The number of nitrogens with zero attached hydrogens (tertiary/aromatic N) is 2. The van der Waals surface area contributed by atoms with Crippen molar-refractivity contribution in [2.75, 3.05) is 14.2 Å². The van der Waals surface area contributed by atoms with E-state index < -0.39 is 0 Å². The minimum absolute atomic E-state index is 0.0557. The Morgan fingerprint density at radius 1 is 1.28 bits per heavy atom. The average molecular weight is 264 g/mol. The van der Waals surface area contributed by atoms with Crippen LogP contribution in [0.4, 0.5) is 0 Å². The molecule has 0 radical (unpaired) electrons. The normalized spacial score (nSPS) is 12.2. The van der Waals surface area contributed by atoms with Crippen molar-refractivity contribution in [3.63, 3.8) is 0 Å². The van der Waals surface area contributed by atoms with E-state index in [-0.39, 0.29) is 6.04 Å². The molecule has 18 heavy (non-hydrogen) atoms. The molecular weight excluding hydrogens is 250 g/mol. The standard InChI is InChI=1S/C13H14ClN3O/c1-15-13(9-6-16-8-17-7-9)11-5-10(14)3-4-12(11)18-2/h3-8,13,15H,1-2H3. The highest BCUT2D eigenvalue weighted by atomic mass is 35.5.